The predicted molar refractivity (Wildman–Crippen MR) is 125 cm³/mol. The summed E-state index contributed by atoms with van der Waals surface area (Å²) in [4.78, 5) is 25.0. The van der Waals surface area contributed by atoms with Crippen molar-refractivity contribution < 1.29 is 19.1 Å². The highest BCUT2D eigenvalue weighted by molar-refractivity contribution is 6.30. The lowest BCUT2D eigenvalue weighted by Crippen LogP contribution is -2.40. The number of aromatic nitrogens is 3. The molecule has 8 nitrogen and oxygen atoms in total. The molecule has 2 unspecified atom stereocenters. The number of hydrogen-bond donors (Lipinski definition) is 2. The number of amides is 1. The Morgan fingerprint density at radius 3 is 2.58 bits per heavy atom. The van der Waals surface area contributed by atoms with E-state index in [1.807, 2.05) is 48.5 Å². The van der Waals surface area contributed by atoms with Crippen LogP contribution in [0.25, 0.3) is 11.1 Å². The largest absolute Gasteiger partial charge is 0.466 e. The fraction of sp³-hybridized carbons (Fsp3) is 0.333. The van der Waals surface area contributed by atoms with Gasteiger partial charge in [-0.25, -0.2) is 0 Å². The molecule has 0 bridgehead atoms. The number of H-pyrrole nitrogens is 1. The highest BCUT2D eigenvalue weighted by Gasteiger charge is 2.26. The van der Waals surface area contributed by atoms with E-state index in [2.05, 4.69) is 20.7 Å². The molecule has 2 N–H and O–H groups in total. The van der Waals surface area contributed by atoms with Gasteiger partial charge in [-0.2, -0.15) is 15.4 Å². The molecule has 9 heteroatoms. The minimum Gasteiger partial charge on any atom is -0.466 e. The number of carbonyl (C=O) groups is 2. The number of nitrogens with zero attached hydrogens (tertiary/aromatic N) is 2. The molecule has 1 aromatic heterocycles. The van der Waals surface area contributed by atoms with Crippen molar-refractivity contribution in [3.63, 3.8) is 0 Å². The molecule has 0 saturated carbocycles. The molecule has 2 aromatic carbocycles. The van der Waals surface area contributed by atoms with Crippen LogP contribution in [0.2, 0.25) is 5.02 Å². The van der Waals surface area contributed by atoms with Crippen molar-refractivity contribution in [2.24, 2.45) is 5.92 Å². The van der Waals surface area contributed by atoms with Gasteiger partial charge in [0.2, 0.25) is 0 Å². The van der Waals surface area contributed by atoms with Gasteiger partial charge in [0.15, 0.2) is 5.69 Å². The standard InChI is InChI=1S/C24H27ClN4O4/c1-3-33-24(31)19(15-32-2)13-21(27-23(30)22-14-26-29-28-22)11-16-7-9-17(10-8-16)18-5-4-6-20(25)12-18/h4-10,12,14,19,21H,3,11,13,15H2,1-2H3,(H,27,30)(H,26,28,29). The van der Waals surface area contributed by atoms with Crippen molar-refractivity contribution in [2.45, 2.75) is 25.8 Å². The van der Waals surface area contributed by atoms with Crippen LogP contribution < -0.4 is 5.32 Å². The number of esters is 1. The molecule has 1 amide bonds. The molecule has 0 aliphatic heterocycles. The van der Waals surface area contributed by atoms with Crippen LogP contribution >= 0.6 is 11.6 Å². The maximum Gasteiger partial charge on any atom is 0.311 e. The van der Waals surface area contributed by atoms with E-state index in [4.69, 9.17) is 21.1 Å². The quantitative estimate of drug-likeness (QED) is 0.414. The molecule has 0 radical (unpaired) electrons. The number of nitrogens with one attached hydrogen (secondary N) is 2. The third kappa shape index (κ3) is 7.13. The molecule has 174 valence electrons. The Bertz CT molecular complexity index is 1040. The van der Waals surface area contributed by atoms with Gasteiger partial charge in [0.25, 0.3) is 5.91 Å². The van der Waals surface area contributed by atoms with Gasteiger partial charge in [-0.05, 0) is 48.6 Å². The van der Waals surface area contributed by atoms with E-state index < -0.39 is 5.92 Å². The van der Waals surface area contributed by atoms with Crippen molar-refractivity contribution in [3.05, 3.63) is 71.0 Å². The molecule has 2 atom stereocenters. The number of ether oxygens (including phenoxy) is 2. The van der Waals surface area contributed by atoms with E-state index in [1.165, 1.54) is 13.3 Å². The first-order valence-corrected chi connectivity index (χ1v) is 11.0. The third-order valence-electron chi connectivity index (χ3n) is 5.13. The second kappa shape index (κ2) is 12.1. The molecule has 0 spiro atoms. The van der Waals surface area contributed by atoms with Crippen LogP contribution in [0.5, 0.6) is 0 Å². The number of halogens is 1. The molecule has 0 saturated heterocycles. The van der Waals surface area contributed by atoms with Gasteiger partial charge < -0.3 is 14.8 Å². The molecular formula is C24H27ClN4O4. The minimum atomic E-state index is -0.511. The Hall–Kier alpha value is -3.23. The van der Waals surface area contributed by atoms with Gasteiger partial charge in [-0.1, -0.05) is 48.0 Å². The normalized spacial score (nSPS) is 12.7. The number of rotatable bonds is 11. The van der Waals surface area contributed by atoms with E-state index in [9.17, 15) is 9.59 Å². The number of hydrogen-bond acceptors (Lipinski definition) is 6. The van der Waals surface area contributed by atoms with Gasteiger partial charge in [-0.15, -0.1) is 0 Å². The van der Waals surface area contributed by atoms with Gasteiger partial charge >= 0.3 is 5.97 Å². The van der Waals surface area contributed by atoms with E-state index in [0.717, 1.165) is 16.7 Å². The van der Waals surface area contributed by atoms with Crippen LogP contribution in [0.3, 0.4) is 0 Å². The Morgan fingerprint density at radius 1 is 1.15 bits per heavy atom. The fourth-order valence-corrected chi connectivity index (χ4v) is 3.78. The van der Waals surface area contributed by atoms with Crippen molar-refractivity contribution in [3.8, 4) is 11.1 Å². The molecule has 1 heterocycles. The average molecular weight is 471 g/mol. The van der Waals surface area contributed by atoms with Gasteiger partial charge in [-0.3, -0.25) is 9.59 Å². The third-order valence-corrected chi connectivity index (χ3v) is 5.37. The van der Waals surface area contributed by atoms with Crippen molar-refractivity contribution in [1.29, 1.82) is 0 Å². The summed E-state index contributed by atoms with van der Waals surface area (Å²) in [6.07, 6.45) is 2.22. The first-order valence-electron chi connectivity index (χ1n) is 10.7. The summed E-state index contributed by atoms with van der Waals surface area (Å²) in [5.41, 5.74) is 3.24. The lowest BCUT2D eigenvalue weighted by Gasteiger charge is -2.23. The average Bonchev–Trinajstić information content (AvgIpc) is 3.35. The zero-order chi connectivity index (χ0) is 23.6. The SMILES string of the molecule is CCOC(=O)C(COC)CC(Cc1ccc(-c2cccc(Cl)c2)cc1)NC(=O)c1cn[nH]n1. The summed E-state index contributed by atoms with van der Waals surface area (Å²) in [7, 11) is 1.53. The van der Waals surface area contributed by atoms with Crippen LogP contribution in [-0.2, 0) is 20.7 Å². The van der Waals surface area contributed by atoms with Crippen molar-refractivity contribution >= 4 is 23.5 Å². The summed E-state index contributed by atoms with van der Waals surface area (Å²) in [6.45, 7) is 2.23. The van der Waals surface area contributed by atoms with Crippen molar-refractivity contribution in [1.82, 2.24) is 20.7 Å². The van der Waals surface area contributed by atoms with Crippen LogP contribution in [-0.4, -0.2) is 53.7 Å². The summed E-state index contributed by atoms with van der Waals surface area (Å²) >= 11 is 6.11. The lowest BCUT2D eigenvalue weighted by atomic mass is 9.94. The molecule has 3 rings (SSSR count). The number of carbonyl (C=O) groups excluding carboxylic acids is 2. The van der Waals surface area contributed by atoms with E-state index >= 15 is 0 Å². The van der Waals surface area contributed by atoms with Crippen molar-refractivity contribution in [2.75, 3.05) is 20.3 Å². The van der Waals surface area contributed by atoms with Crippen LogP contribution in [0.15, 0.2) is 54.7 Å². The molecule has 0 fully saturated rings. The highest BCUT2D eigenvalue weighted by atomic mass is 35.5. The maximum atomic E-state index is 12.6. The van der Waals surface area contributed by atoms with Crippen LogP contribution in [0.4, 0.5) is 0 Å². The molecule has 0 aliphatic rings. The molecular weight excluding hydrogens is 444 g/mol. The van der Waals surface area contributed by atoms with Gasteiger partial charge in [0.05, 0.1) is 25.3 Å². The summed E-state index contributed by atoms with van der Waals surface area (Å²) in [5.74, 6) is -1.23. The zero-order valence-electron chi connectivity index (χ0n) is 18.6. The van der Waals surface area contributed by atoms with E-state index in [1.54, 1.807) is 6.92 Å². The van der Waals surface area contributed by atoms with E-state index in [0.29, 0.717) is 17.9 Å². The number of aromatic amines is 1. The molecule has 0 aliphatic carbocycles. The first-order chi connectivity index (χ1) is 16.0. The number of methoxy groups -OCH3 is 1. The lowest BCUT2D eigenvalue weighted by molar-refractivity contribution is -0.150. The molecule has 3 aromatic rings. The Labute approximate surface area is 197 Å². The second-order valence-electron chi connectivity index (χ2n) is 7.58. The fourth-order valence-electron chi connectivity index (χ4n) is 3.59. The maximum absolute atomic E-state index is 12.6. The molecule has 33 heavy (non-hydrogen) atoms. The summed E-state index contributed by atoms with van der Waals surface area (Å²) < 4.78 is 10.4. The summed E-state index contributed by atoms with van der Waals surface area (Å²) in [6, 6.07) is 15.3. The summed E-state index contributed by atoms with van der Waals surface area (Å²) in [5, 5.41) is 13.6. The minimum absolute atomic E-state index is 0.177. The van der Waals surface area contributed by atoms with Crippen LogP contribution in [0.1, 0.15) is 29.4 Å². The zero-order valence-corrected chi connectivity index (χ0v) is 19.3. The highest BCUT2D eigenvalue weighted by Crippen LogP contribution is 2.24. The Balaban J connectivity index is 1.77. The predicted octanol–water partition coefficient (Wildman–Crippen LogP) is 3.68. The smallest absolute Gasteiger partial charge is 0.311 e. The Morgan fingerprint density at radius 2 is 1.94 bits per heavy atom. The second-order valence-corrected chi connectivity index (χ2v) is 8.01. The van der Waals surface area contributed by atoms with Gasteiger partial charge in [0, 0.05) is 18.2 Å². The Kier molecular flexibility index (Phi) is 8.97. The van der Waals surface area contributed by atoms with E-state index in [-0.39, 0.29) is 36.8 Å². The van der Waals surface area contributed by atoms with Gasteiger partial charge in [0.1, 0.15) is 0 Å². The monoisotopic (exact) mass is 470 g/mol. The number of benzene rings is 2. The first kappa shape index (κ1) is 24.4. The van der Waals surface area contributed by atoms with Crippen LogP contribution in [0, 0.1) is 5.92 Å². The topological polar surface area (TPSA) is 106 Å².